The zero-order chi connectivity index (χ0) is 16.4. The Morgan fingerprint density at radius 3 is 2.54 bits per heavy atom. The number of hydrogen-bond donors (Lipinski definition) is 1. The summed E-state index contributed by atoms with van der Waals surface area (Å²) in [5.74, 6) is 1.47. The Bertz CT molecular complexity index is 856. The van der Waals surface area contributed by atoms with E-state index in [1.807, 2.05) is 36.4 Å². The SMILES string of the molecule is Clc1nc2n(c1C=NNc1ccccc1)CC(c1ccccc1)C2. The lowest BCUT2D eigenvalue weighted by Crippen LogP contribution is -2.05. The van der Waals surface area contributed by atoms with Gasteiger partial charge in [-0.15, -0.1) is 0 Å². The average molecular weight is 337 g/mol. The summed E-state index contributed by atoms with van der Waals surface area (Å²) in [5.41, 5.74) is 6.14. The molecule has 0 amide bonds. The summed E-state index contributed by atoms with van der Waals surface area (Å²) in [6.45, 7) is 0.881. The van der Waals surface area contributed by atoms with Gasteiger partial charge >= 0.3 is 0 Å². The van der Waals surface area contributed by atoms with Gasteiger partial charge in [0.05, 0.1) is 11.9 Å². The standard InChI is InChI=1S/C19H17ClN4/c20-19-17(12-21-23-16-9-5-2-6-10-16)24-13-15(11-18(24)22-19)14-7-3-1-4-8-14/h1-10,12,15,23H,11,13H2. The van der Waals surface area contributed by atoms with Gasteiger partial charge in [0.1, 0.15) is 11.5 Å². The number of halogens is 1. The van der Waals surface area contributed by atoms with Crippen molar-refractivity contribution >= 4 is 23.5 Å². The van der Waals surface area contributed by atoms with E-state index in [9.17, 15) is 0 Å². The molecular weight excluding hydrogens is 320 g/mol. The van der Waals surface area contributed by atoms with E-state index >= 15 is 0 Å². The molecule has 5 heteroatoms. The third kappa shape index (κ3) is 2.93. The number of para-hydroxylation sites is 1. The zero-order valence-corrected chi connectivity index (χ0v) is 13.8. The van der Waals surface area contributed by atoms with Crippen LogP contribution in [0.5, 0.6) is 0 Å². The second kappa shape index (κ2) is 6.49. The number of anilines is 1. The molecule has 24 heavy (non-hydrogen) atoms. The molecule has 4 rings (SSSR count). The van der Waals surface area contributed by atoms with Gasteiger partial charge < -0.3 is 4.57 Å². The fraction of sp³-hybridized carbons (Fsp3) is 0.158. The normalized spacial score (nSPS) is 16.5. The monoisotopic (exact) mass is 336 g/mol. The summed E-state index contributed by atoms with van der Waals surface area (Å²) < 4.78 is 2.16. The summed E-state index contributed by atoms with van der Waals surface area (Å²) >= 11 is 6.29. The van der Waals surface area contributed by atoms with Crippen LogP contribution in [0.2, 0.25) is 5.15 Å². The van der Waals surface area contributed by atoms with Gasteiger partial charge in [-0.05, 0) is 17.7 Å². The summed E-state index contributed by atoms with van der Waals surface area (Å²) in [5, 5.41) is 4.81. The molecule has 2 aromatic carbocycles. The third-order valence-electron chi connectivity index (χ3n) is 4.30. The highest BCUT2D eigenvalue weighted by molar-refractivity contribution is 6.31. The Labute approximate surface area is 145 Å². The second-order valence-electron chi connectivity index (χ2n) is 5.86. The van der Waals surface area contributed by atoms with Crippen molar-refractivity contribution in [1.29, 1.82) is 0 Å². The van der Waals surface area contributed by atoms with Crippen LogP contribution in [-0.4, -0.2) is 15.8 Å². The van der Waals surface area contributed by atoms with Crippen molar-refractivity contribution in [3.8, 4) is 0 Å². The molecular formula is C19H17ClN4. The highest BCUT2D eigenvalue weighted by Gasteiger charge is 2.27. The summed E-state index contributed by atoms with van der Waals surface area (Å²) in [6.07, 6.45) is 2.66. The number of nitrogens with zero attached hydrogens (tertiary/aromatic N) is 3. The maximum Gasteiger partial charge on any atom is 0.156 e. The van der Waals surface area contributed by atoms with Crippen LogP contribution in [0.1, 0.15) is 23.0 Å². The maximum absolute atomic E-state index is 6.29. The quantitative estimate of drug-likeness (QED) is 0.569. The first-order valence-electron chi connectivity index (χ1n) is 7.95. The van der Waals surface area contributed by atoms with Crippen molar-refractivity contribution in [3.63, 3.8) is 0 Å². The minimum Gasteiger partial charge on any atom is -0.325 e. The molecule has 4 nitrogen and oxygen atoms in total. The molecule has 1 aromatic heterocycles. The van der Waals surface area contributed by atoms with Crippen LogP contribution in [0, 0.1) is 0 Å². The highest BCUT2D eigenvalue weighted by atomic mass is 35.5. The molecule has 3 aromatic rings. The van der Waals surface area contributed by atoms with Gasteiger partial charge in [-0.1, -0.05) is 60.1 Å². The van der Waals surface area contributed by atoms with Gasteiger partial charge in [-0.2, -0.15) is 5.10 Å². The molecule has 1 unspecified atom stereocenters. The fourth-order valence-electron chi connectivity index (χ4n) is 3.10. The van der Waals surface area contributed by atoms with E-state index in [0.717, 1.165) is 30.2 Å². The largest absolute Gasteiger partial charge is 0.325 e. The number of rotatable bonds is 4. The first kappa shape index (κ1) is 15.0. The lowest BCUT2D eigenvalue weighted by Gasteiger charge is -2.09. The number of hydrazone groups is 1. The molecule has 1 aliphatic heterocycles. The van der Waals surface area contributed by atoms with Crippen LogP contribution in [-0.2, 0) is 13.0 Å². The predicted molar refractivity (Wildman–Crippen MR) is 97.8 cm³/mol. The first-order valence-corrected chi connectivity index (χ1v) is 8.33. The van der Waals surface area contributed by atoms with Crippen LogP contribution < -0.4 is 5.43 Å². The Morgan fingerprint density at radius 2 is 1.79 bits per heavy atom. The number of nitrogens with one attached hydrogen (secondary N) is 1. The van der Waals surface area contributed by atoms with E-state index in [4.69, 9.17) is 11.6 Å². The summed E-state index contributed by atoms with van der Waals surface area (Å²) in [6, 6.07) is 20.4. The Hall–Kier alpha value is -2.59. The van der Waals surface area contributed by atoms with Crippen LogP contribution in [0.25, 0.3) is 0 Å². The van der Waals surface area contributed by atoms with E-state index in [-0.39, 0.29) is 0 Å². The van der Waals surface area contributed by atoms with Crippen LogP contribution in [0.15, 0.2) is 65.8 Å². The fourth-order valence-corrected chi connectivity index (χ4v) is 3.35. The smallest absolute Gasteiger partial charge is 0.156 e. The zero-order valence-electron chi connectivity index (χ0n) is 13.1. The number of aromatic nitrogens is 2. The predicted octanol–water partition coefficient (Wildman–Crippen LogP) is 4.32. The number of benzene rings is 2. The molecule has 0 fully saturated rings. The van der Waals surface area contributed by atoms with E-state index < -0.39 is 0 Å². The topological polar surface area (TPSA) is 42.2 Å². The summed E-state index contributed by atoms with van der Waals surface area (Å²) in [4.78, 5) is 4.50. The molecule has 2 heterocycles. The van der Waals surface area contributed by atoms with E-state index in [1.54, 1.807) is 6.21 Å². The number of hydrogen-bond acceptors (Lipinski definition) is 3. The lowest BCUT2D eigenvalue weighted by atomic mass is 9.98. The van der Waals surface area contributed by atoms with Gasteiger partial charge in [-0.25, -0.2) is 4.98 Å². The Balaban J connectivity index is 1.53. The average Bonchev–Trinajstić information content (AvgIpc) is 3.15. The first-order chi connectivity index (χ1) is 11.8. The molecule has 1 N–H and O–H groups in total. The van der Waals surface area contributed by atoms with E-state index in [2.05, 4.69) is 44.3 Å². The molecule has 120 valence electrons. The van der Waals surface area contributed by atoms with Gasteiger partial charge in [0.25, 0.3) is 0 Å². The molecule has 0 saturated carbocycles. The highest BCUT2D eigenvalue weighted by Crippen LogP contribution is 2.32. The van der Waals surface area contributed by atoms with E-state index in [0.29, 0.717) is 11.1 Å². The number of fused-ring (bicyclic) bond motifs is 1. The lowest BCUT2D eigenvalue weighted by molar-refractivity contribution is 0.650. The minimum absolute atomic E-state index is 0.445. The van der Waals surface area contributed by atoms with Crippen molar-refractivity contribution in [2.45, 2.75) is 18.9 Å². The molecule has 0 radical (unpaired) electrons. The van der Waals surface area contributed by atoms with Gasteiger partial charge in [-0.3, -0.25) is 5.43 Å². The van der Waals surface area contributed by atoms with Crippen molar-refractivity contribution in [2.75, 3.05) is 5.43 Å². The van der Waals surface area contributed by atoms with Crippen LogP contribution in [0.3, 0.4) is 0 Å². The second-order valence-corrected chi connectivity index (χ2v) is 6.22. The molecule has 0 aliphatic carbocycles. The van der Waals surface area contributed by atoms with Crippen molar-refractivity contribution < 1.29 is 0 Å². The molecule has 1 aliphatic rings. The van der Waals surface area contributed by atoms with Crippen LogP contribution >= 0.6 is 11.6 Å². The summed E-state index contributed by atoms with van der Waals surface area (Å²) in [7, 11) is 0. The number of imidazole rings is 1. The van der Waals surface area contributed by atoms with Gasteiger partial charge in [0.2, 0.25) is 0 Å². The van der Waals surface area contributed by atoms with Crippen LogP contribution in [0.4, 0.5) is 5.69 Å². The van der Waals surface area contributed by atoms with Gasteiger partial charge in [0.15, 0.2) is 5.15 Å². The van der Waals surface area contributed by atoms with Gasteiger partial charge in [0, 0.05) is 18.9 Å². The van der Waals surface area contributed by atoms with E-state index in [1.165, 1.54) is 5.56 Å². The molecule has 0 saturated heterocycles. The van der Waals surface area contributed by atoms with Crippen molar-refractivity contribution in [1.82, 2.24) is 9.55 Å². The van der Waals surface area contributed by atoms with Crippen molar-refractivity contribution in [3.05, 3.63) is 82.9 Å². The molecule has 0 bridgehead atoms. The third-order valence-corrected chi connectivity index (χ3v) is 4.58. The molecule has 1 atom stereocenters. The Morgan fingerprint density at radius 1 is 1.08 bits per heavy atom. The van der Waals surface area contributed by atoms with Crippen molar-refractivity contribution in [2.24, 2.45) is 5.10 Å². The minimum atomic E-state index is 0.445. The Kier molecular flexibility index (Phi) is 4.05. The molecule has 0 spiro atoms. The maximum atomic E-state index is 6.29.